The Morgan fingerprint density at radius 3 is 2.62 bits per heavy atom. The smallest absolute Gasteiger partial charge is 0.271 e. The van der Waals surface area contributed by atoms with Crippen molar-refractivity contribution in [3.8, 4) is 10.6 Å². The van der Waals surface area contributed by atoms with Crippen molar-refractivity contribution in [3.63, 3.8) is 0 Å². The highest BCUT2D eigenvalue weighted by Crippen LogP contribution is 2.27. The number of carbonyl (C=O) groups excluding carboxylic acids is 1. The number of nitrogens with one attached hydrogen (secondary N) is 1. The largest absolute Gasteiger partial charge is 0.348 e. The van der Waals surface area contributed by atoms with Gasteiger partial charge in [-0.2, -0.15) is 0 Å². The van der Waals surface area contributed by atoms with E-state index >= 15 is 0 Å². The molecule has 0 radical (unpaired) electrons. The van der Waals surface area contributed by atoms with Crippen LogP contribution in [-0.4, -0.2) is 16.9 Å². The Morgan fingerprint density at radius 2 is 1.90 bits per heavy atom. The monoisotopic (exact) mass is 300 g/mol. The van der Waals surface area contributed by atoms with Crippen molar-refractivity contribution in [2.24, 2.45) is 0 Å². The maximum absolute atomic E-state index is 12.4. The summed E-state index contributed by atoms with van der Waals surface area (Å²) in [5, 5.41) is 4.06. The number of amides is 1. The third-order valence-corrected chi connectivity index (χ3v) is 4.99. The van der Waals surface area contributed by atoms with Gasteiger partial charge in [0.1, 0.15) is 10.7 Å². The lowest BCUT2D eigenvalue weighted by atomic mass is 9.95. The minimum atomic E-state index is -0.0159. The fourth-order valence-corrected chi connectivity index (χ4v) is 3.73. The average Bonchev–Trinajstić information content (AvgIpc) is 2.91. The molecule has 3 rings (SSSR count). The number of benzene rings is 1. The van der Waals surface area contributed by atoms with E-state index < -0.39 is 0 Å². The first kappa shape index (κ1) is 14.3. The number of thiazole rings is 1. The zero-order valence-electron chi connectivity index (χ0n) is 12.3. The molecule has 110 valence electrons. The molecule has 0 aliphatic heterocycles. The molecule has 1 amide bonds. The predicted molar refractivity (Wildman–Crippen MR) is 86.6 cm³/mol. The van der Waals surface area contributed by atoms with Crippen molar-refractivity contribution in [2.45, 2.75) is 45.1 Å². The third-order valence-electron chi connectivity index (χ3n) is 3.97. The van der Waals surface area contributed by atoms with E-state index in [-0.39, 0.29) is 5.91 Å². The van der Waals surface area contributed by atoms with E-state index in [9.17, 15) is 4.79 Å². The van der Waals surface area contributed by atoms with E-state index in [0.29, 0.717) is 11.7 Å². The van der Waals surface area contributed by atoms with Gasteiger partial charge in [-0.3, -0.25) is 4.79 Å². The molecule has 0 saturated heterocycles. The molecule has 0 spiro atoms. The van der Waals surface area contributed by atoms with Crippen molar-refractivity contribution in [2.75, 3.05) is 0 Å². The van der Waals surface area contributed by atoms with Crippen molar-refractivity contribution < 1.29 is 4.79 Å². The van der Waals surface area contributed by atoms with E-state index in [0.717, 1.165) is 28.3 Å². The van der Waals surface area contributed by atoms with Gasteiger partial charge in [-0.1, -0.05) is 49.6 Å². The van der Waals surface area contributed by atoms with Gasteiger partial charge in [0.25, 0.3) is 5.91 Å². The second-order valence-corrected chi connectivity index (χ2v) is 6.80. The Labute approximate surface area is 129 Å². The Hall–Kier alpha value is -1.68. The second-order valence-electron chi connectivity index (χ2n) is 5.60. The van der Waals surface area contributed by atoms with Crippen LogP contribution in [0.2, 0.25) is 0 Å². The summed E-state index contributed by atoms with van der Waals surface area (Å²) < 4.78 is 0. The van der Waals surface area contributed by atoms with E-state index in [2.05, 4.69) is 10.3 Å². The second kappa shape index (κ2) is 6.39. The Balaban J connectivity index is 1.76. The zero-order chi connectivity index (χ0) is 14.7. The van der Waals surface area contributed by atoms with Gasteiger partial charge < -0.3 is 5.32 Å². The van der Waals surface area contributed by atoms with Gasteiger partial charge in [-0.25, -0.2) is 4.98 Å². The average molecular weight is 300 g/mol. The van der Waals surface area contributed by atoms with Gasteiger partial charge in [-0.05, 0) is 19.8 Å². The molecule has 1 fully saturated rings. The van der Waals surface area contributed by atoms with Gasteiger partial charge in [0.15, 0.2) is 0 Å². The topological polar surface area (TPSA) is 42.0 Å². The van der Waals surface area contributed by atoms with Crippen LogP contribution in [-0.2, 0) is 0 Å². The quantitative estimate of drug-likeness (QED) is 0.924. The molecule has 0 unspecified atom stereocenters. The van der Waals surface area contributed by atoms with Crippen LogP contribution in [0.25, 0.3) is 10.6 Å². The number of rotatable bonds is 3. The van der Waals surface area contributed by atoms with E-state index in [1.54, 1.807) is 11.3 Å². The summed E-state index contributed by atoms with van der Waals surface area (Å²) in [5.41, 5.74) is 1.66. The molecule has 0 bridgehead atoms. The number of hydrogen-bond donors (Lipinski definition) is 1. The Bertz CT molecular complexity index is 615. The molecule has 4 heteroatoms. The number of hydrogen-bond acceptors (Lipinski definition) is 3. The third kappa shape index (κ3) is 3.32. The first-order valence-electron chi connectivity index (χ1n) is 7.58. The van der Waals surface area contributed by atoms with Gasteiger partial charge >= 0.3 is 0 Å². The zero-order valence-corrected chi connectivity index (χ0v) is 13.1. The first-order valence-corrected chi connectivity index (χ1v) is 8.39. The molecule has 1 aromatic carbocycles. The molecule has 21 heavy (non-hydrogen) atoms. The lowest BCUT2D eigenvalue weighted by Gasteiger charge is -2.22. The van der Waals surface area contributed by atoms with E-state index in [1.807, 2.05) is 37.3 Å². The minimum absolute atomic E-state index is 0.0159. The summed E-state index contributed by atoms with van der Waals surface area (Å²) in [4.78, 5) is 18.0. The lowest BCUT2D eigenvalue weighted by Crippen LogP contribution is -2.36. The molecule has 3 nitrogen and oxygen atoms in total. The van der Waals surface area contributed by atoms with Crippen LogP contribution in [0.4, 0.5) is 0 Å². The van der Waals surface area contributed by atoms with Crippen LogP contribution in [0.1, 0.15) is 47.5 Å². The van der Waals surface area contributed by atoms with E-state index in [1.165, 1.54) is 19.3 Å². The normalized spacial score (nSPS) is 15.9. The summed E-state index contributed by atoms with van der Waals surface area (Å²) >= 11 is 1.59. The van der Waals surface area contributed by atoms with Crippen molar-refractivity contribution in [3.05, 3.63) is 40.9 Å². The first-order chi connectivity index (χ1) is 10.2. The van der Waals surface area contributed by atoms with Gasteiger partial charge in [0.2, 0.25) is 0 Å². The highest BCUT2D eigenvalue weighted by atomic mass is 32.1. The molecular formula is C17H20N2OS. The lowest BCUT2D eigenvalue weighted by molar-refractivity contribution is 0.0923. The molecule has 1 N–H and O–H groups in total. The van der Waals surface area contributed by atoms with Crippen LogP contribution in [0, 0.1) is 6.92 Å². The molecular weight excluding hydrogens is 280 g/mol. The number of nitrogens with zero attached hydrogens (tertiary/aromatic N) is 1. The molecule has 1 aliphatic carbocycles. The van der Waals surface area contributed by atoms with Crippen LogP contribution < -0.4 is 5.32 Å². The fourth-order valence-electron chi connectivity index (χ4n) is 2.81. The molecule has 0 atom stereocenters. The number of aryl methyl sites for hydroxylation is 1. The Morgan fingerprint density at radius 1 is 1.19 bits per heavy atom. The van der Waals surface area contributed by atoms with Gasteiger partial charge in [-0.15, -0.1) is 11.3 Å². The molecule has 1 saturated carbocycles. The minimum Gasteiger partial charge on any atom is -0.348 e. The van der Waals surface area contributed by atoms with Crippen LogP contribution in [0.5, 0.6) is 0 Å². The highest BCUT2D eigenvalue weighted by Gasteiger charge is 2.20. The van der Waals surface area contributed by atoms with Crippen molar-refractivity contribution in [1.29, 1.82) is 0 Å². The summed E-state index contributed by atoms with van der Waals surface area (Å²) in [5.74, 6) is -0.0159. The summed E-state index contributed by atoms with van der Waals surface area (Å²) in [6.07, 6.45) is 5.92. The molecule has 1 aliphatic rings. The number of aromatic nitrogens is 1. The summed E-state index contributed by atoms with van der Waals surface area (Å²) in [6, 6.07) is 10.4. The van der Waals surface area contributed by atoms with Crippen molar-refractivity contribution in [1.82, 2.24) is 10.3 Å². The molecule has 2 aromatic rings. The van der Waals surface area contributed by atoms with Crippen LogP contribution in [0.3, 0.4) is 0 Å². The Kier molecular flexibility index (Phi) is 4.34. The van der Waals surface area contributed by atoms with Gasteiger partial charge in [0, 0.05) is 16.5 Å². The van der Waals surface area contributed by atoms with E-state index in [4.69, 9.17) is 0 Å². The summed E-state index contributed by atoms with van der Waals surface area (Å²) in [7, 11) is 0. The van der Waals surface area contributed by atoms with Crippen LogP contribution >= 0.6 is 11.3 Å². The predicted octanol–water partition coefficient (Wildman–Crippen LogP) is 4.18. The van der Waals surface area contributed by atoms with Crippen LogP contribution in [0.15, 0.2) is 30.3 Å². The molecule has 1 heterocycles. The number of carbonyl (C=O) groups is 1. The highest BCUT2D eigenvalue weighted by molar-refractivity contribution is 7.15. The maximum Gasteiger partial charge on any atom is 0.271 e. The van der Waals surface area contributed by atoms with Crippen molar-refractivity contribution >= 4 is 17.2 Å². The molecule has 1 aromatic heterocycles. The SMILES string of the molecule is Cc1sc(-c2ccccc2)nc1C(=O)NC1CCCCC1. The fraction of sp³-hybridized carbons (Fsp3) is 0.412. The van der Waals surface area contributed by atoms with Gasteiger partial charge in [0.05, 0.1) is 0 Å². The summed E-state index contributed by atoms with van der Waals surface area (Å²) in [6.45, 7) is 1.97. The standard InChI is InChI=1S/C17H20N2OS/c1-12-15(16(20)18-14-10-6-3-7-11-14)19-17(21-12)13-8-4-2-5-9-13/h2,4-5,8-9,14H,3,6-7,10-11H2,1H3,(H,18,20). The maximum atomic E-state index is 12.4.